The standard InChI is InChI=1S/C15H23N.C2H6.C2H4/c1-16-12-11-13-7-9-15(10-8-13)14-5-3-2-4-6-14;2*1-2/h7-10,14,16H,2-6,11-12H2,1H3;1-2H3;1-2H2. The summed E-state index contributed by atoms with van der Waals surface area (Å²) in [5.74, 6) is 0.840. The molecule has 0 heterocycles. The zero-order chi connectivity index (χ0) is 15.2. The molecule has 0 radical (unpaired) electrons. The van der Waals surface area contributed by atoms with Crippen molar-refractivity contribution in [1.82, 2.24) is 5.32 Å². The molecule has 0 saturated heterocycles. The number of nitrogens with one attached hydrogen (secondary N) is 1. The highest BCUT2D eigenvalue weighted by Crippen LogP contribution is 2.32. The van der Waals surface area contributed by atoms with Crippen LogP contribution in [0.5, 0.6) is 0 Å². The number of hydrogen-bond acceptors (Lipinski definition) is 1. The SMILES string of the molecule is C=C.CC.CNCCc1ccc(C2CCCCC2)cc1. The van der Waals surface area contributed by atoms with Crippen LogP contribution in [0.2, 0.25) is 0 Å². The summed E-state index contributed by atoms with van der Waals surface area (Å²) in [7, 11) is 2.01. The lowest BCUT2D eigenvalue weighted by Crippen LogP contribution is -2.10. The van der Waals surface area contributed by atoms with E-state index >= 15 is 0 Å². The summed E-state index contributed by atoms with van der Waals surface area (Å²) >= 11 is 0. The Morgan fingerprint density at radius 3 is 2.05 bits per heavy atom. The van der Waals surface area contributed by atoms with Crippen molar-refractivity contribution in [2.45, 2.75) is 58.3 Å². The van der Waals surface area contributed by atoms with Gasteiger partial charge in [0.25, 0.3) is 0 Å². The van der Waals surface area contributed by atoms with Crippen molar-refractivity contribution in [3.05, 3.63) is 48.6 Å². The second-order valence-corrected chi connectivity index (χ2v) is 4.93. The zero-order valence-corrected chi connectivity index (χ0v) is 13.8. The van der Waals surface area contributed by atoms with E-state index < -0.39 is 0 Å². The first-order valence-corrected chi connectivity index (χ1v) is 8.13. The molecule has 1 heteroatoms. The fourth-order valence-electron chi connectivity index (χ4n) is 2.66. The zero-order valence-electron chi connectivity index (χ0n) is 13.8. The van der Waals surface area contributed by atoms with Crippen LogP contribution in [-0.4, -0.2) is 13.6 Å². The fourth-order valence-corrected chi connectivity index (χ4v) is 2.66. The molecule has 2 rings (SSSR count). The summed E-state index contributed by atoms with van der Waals surface area (Å²) in [6.45, 7) is 11.1. The summed E-state index contributed by atoms with van der Waals surface area (Å²) in [5, 5.41) is 3.19. The van der Waals surface area contributed by atoms with Gasteiger partial charge in [-0.1, -0.05) is 57.4 Å². The van der Waals surface area contributed by atoms with E-state index in [1.165, 1.54) is 37.7 Å². The minimum Gasteiger partial charge on any atom is -0.319 e. The predicted molar refractivity (Wildman–Crippen MR) is 92.5 cm³/mol. The molecule has 0 amide bonds. The van der Waals surface area contributed by atoms with Crippen molar-refractivity contribution in [2.24, 2.45) is 0 Å². The molecule has 1 saturated carbocycles. The van der Waals surface area contributed by atoms with Gasteiger partial charge in [0, 0.05) is 0 Å². The van der Waals surface area contributed by atoms with Gasteiger partial charge < -0.3 is 5.32 Å². The van der Waals surface area contributed by atoms with E-state index in [9.17, 15) is 0 Å². The maximum absolute atomic E-state index is 3.19. The first-order valence-electron chi connectivity index (χ1n) is 8.13. The maximum Gasteiger partial charge on any atom is -0.00114 e. The van der Waals surface area contributed by atoms with Crippen LogP contribution in [0.25, 0.3) is 0 Å². The summed E-state index contributed by atoms with van der Waals surface area (Å²) in [5.41, 5.74) is 3.02. The average Bonchev–Trinajstić information content (AvgIpc) is 2.58. The van der Waals surface area contributed by atoms with E-state index in [4.69, 9.17) is 0 Å². The van der Waals surface area contributed by atoms with E-state index in [0.717, 1.165) is 18.9 Å². The molecule has 114 valence electrons. The highest BCUT2D eigenvalue weighted by Gasteiger charge is 2.14. The quantitative estimate of drug-likeness (QED) is 0.733. The largest absolute Gasteiger partial charge is 0.319 e. The second kappa shape index (κ2) is 12.9. The van der Waals surface area contributed by atoms with Crippen molar-refractivity contribution < 1.29 is 0 Å². The van der Waals surface area contributed by atoms with Gasteiger partial charge in [-0.15, -0.1) is 13.2 Å². The van der Waals surface area contributed by atoms with E-state index in [2.05, 4.69) is 42.7 Å². The lowest BCUT2D eigenvalue weighted by molar-refractivity contribution is 0.443. The minimum atomic E-state index is 0.840. The first-order chi connectivity index (χ1) is 9.90. The molecule has 1 nitrogen and oxygen atoms in total. The normalized spacial score (nSPS) is 14.6. The Bertz CT molecular complexity index is 309. The molecular weight excluding hydrogens is 242 g/mol. The molecular formula is C19H33N. The van der Waals surface area contributed by atoms with Crippen LogP contribution in [0.3, 0.4) is 0 Å². The third-order valence-electron chi connectivity index (χ3n) is 3.72. The second-order valence-electron chi connectivity index (χ2n) is 4.93. The number of hydrogen-bond donors (Lipinski definition) is 1. The van der Waals surface area contributed by atoms with Crippen LogP contribution in [0, 0.1) is 0 Å². The summed E-state index contributed by atoms with van der Waals surface area (Å²) in [4.78, 5) is 0. The Morgan fingerprint density at radius 1 is 1.00 bits per heavy atom. The highest BCUT2D eigenvalue weighted by molar-refractivity contribution is 5.25. The van der Waals surface area contributed by atoms with Gasteiger partial charge in [0.1, 0.15) is 0 Å². The molecule has 0 aromatic heterocycles. The molecule has 1 fully saturated rings. The summed E-state index contributed by atoms with van der Waals surface area (Å²) in [6, 6.07) is 9.31. The molecule has 1 aliphatic carbocycles. The molecule has 0 aliphatic heterocycles. The van der Waals surface area contributed by atoms with Gasteiger partial charge in [-0.2, -0.15) is 0 Å². The van der Waals surface area contributed by atoms with Crippen LogP contribution in [0.1, 0.15) is 63.0 Å². The van der Waals surface area contributed by atoms with Crippen LogP contribution in [0.4, 0.5) is 0 Å². The Kier molecular flexibility index (Phi) is 12.2. The topological polar surface area (TPSA) is 12.0 Å². The van der Waals surface area contributed by atoms with Gasteiger partial charge in [0.05, 0.1) is 0 Å². The van der Waals surface area contributed by atoms with Gasteiger partial charge in [-0.3, -0.25) is 0 Å². The highest BCUT2D eigenvalue weighted by atomic mass is 14.8. The maximum atomic E-state index is 3.19. The van der Waals surface area contributed by atoms with Crippen molar-refractivity contribution in [2.75, 3.05) is 13.6 Å². The van der Waals surface area contributed by atoms with Gasteiger partial charge >= 0.3 is 0 Å². The van der Waals surface area contributed by atoms with E-state index in [1.807, 2.05) is 20.9 Å². The summed E-state index contributed by atoms with van der Waals surface area (Å²) < 4.78 is 0. The predicted octanol–water partition coefficient (Wildman–Crippen LogP) is 5.32. The van der Waals surface area contributed by atoms with E-state index in [-0.39, 0.29) is 0 Å². The monoisotopic (exact) mass is 275 g/mol. The lowest BCUT2D eigenvalue weighted by Gasteiger charge is -2.22. The molecule has 20 heavy (non-hydrogen) atoms. The molecule has 1 aromatic rings. The lowest BCUT2D eigenvalue weighted by atomic mass is 9.84. The average molecular weight is 275 g/mol. The first kappa shape index (κ1) is 18.9. The van der Waals surface area contributed by atoms with Crippen LogP contribution in [0.15, 0.2) is 37.4 Å². The molecule has 1 N–H and O–H groups in total. The van der Waals surface area contributed by atoms with Crippen molar-refractivity contribution >= 4 is 0 Å². The number of rotatable bonds is 4. The van der Waals surface area contributed by atoms with Gasteiger partial charge in [-0.25, -0.2) is 0 Å². The van der Waals surface area contributed by atoms with Gasteiger partial charge in [0.15, 0.2) is 0 Å². The van der Waals surface area contributed by atoms with Crippen molar-refractivity contribution in [1.29, 1.82) is 0 Å². The third kappa shape index (κ3) is 6.91. The number of benzene rings is 1. The molecule has 0 spiro atoms. The molecule has 0 unspecified atom stereocenters. The Hall–Kier alpha value is -1.08. The van der Waals surface area contributed by atoms with E-state index in [1.54, 1.807) is 5.56 Å². The smallest absolute Gasteiger partial charge is 0.00114 e. The molecule has 1 aromatic carbocycles. The molecule has 0 atom stereocenters. The number of likely N-dealkylation sites (N-methyl/N-ethyl adjacent to an activating group) is 1. The van der Waals surface area contributed by atoms with Crippen LogP contribution in [-0.2, 0) is 6.42 Å². The van der Waals surface area contributed by atoms with Crippen LogP contribution >= 0.6 is 0 Å². The Balaban J connectivity index is 0.000000829. The Morgan fingerprint density at radius 2 is 1.55 bits per heavy atom. The molecule has 1 aliphatic rings. The summed E-state index contributed by atoms with van der Waals surface area (Å²) in [6.07, 6.45) is 8.22. The van der Waals surface area contributed by atoms with Gasteiger partial charge in [-0.05, 0) is 49.9 Å². The fraction of sp³-hybridized carbons (Fsp3) is 0.579. The Labute approximate surface area is 126 Å². The molecule has 0 bridgehead atoms. The minimum absolute atomic E-state index is 0.840. The van der Waals surface area contributed by atoms with Crippen molar-refractivity contribution in [3.63, 3.8) is 0 Å². The third-order valence-corrected chi connectivity index (χ3v) is 3.72. The van der Waals surface area contributed by atoms with E-state index in [0.29, 0.717) is 0 Å². The van der Waals surface area contributed by atoms with Gasteiger partial charge in [0.2, 0.25) is 0 Å². The van der Waals surface area contributed by atoms with Crippen molar-refractivity contribution in [3.8, 4) is 0 Å². The van der Waals surface area contributed by atoms with Crippen LogP contribution < -0.4 is 5.32 Å².